The van der Waals surface area contributed by atoms with Gasteiger partial charge in [-0.15, -0.1) is 0 Å². The van der Waals surface area contributed by atoms with Gasteiger partial charge in [-0.05, 0) is 25.3 Å². The Labute approximate surface area is 108 Å². The molecule has 1 aromatic carbocycles. The monoisotopic (exact) mass is 241 g/mol. The minimum atomic E-state index is 0.0557. The van der Waals surface area contributed by atoms with E-state index in [1.165, 1.54) is 18.4 Å². The van der Waals surface area contributed by atoms with E-state index in [0.717, 1.165) is 12.1 Å². The Balaban J connectivity index is 1.90. The first-order chi connectivity index (χ1) is 8.76. The summed E-state index contributed by atoms with van der Waals surface area (Å²) >= 11 is 0. The lowest BCUT2D eigenvalue weighted by Crippen LogP contribution is -2.26. The molecule has 2 N–H and O–H groups in total. The summed E-state index contributed by atoms with van der Waals surface area (Å²) in [7, 11) is 0. The molecule has 0 radical (unpaired) electrons. The van der Waals surface area contributed by atoms with Crippen LogP contribution < -0.4 is 5.73 Å². The van der Waals surface area contributed by atoms with E-state index >= 15 is 0 Å². The normalized spacial score (nSPS) is 18.6. The van der Waals surface area contributed by atoms with Gasteiger partial charge in [-0.2, -0.15) is 5.10 Å². The van der Waals surface area contributed by atoms with Crippen molar-refractivity contribution in [2.75, 3.05) is 0 Å². The summed E-state index contributed by atoms with van der Waals surface area (Å²) in [5.74, 6) is 0. The number of rotatable bonds is 4. The van der Waals surface area contributed by atoms with Crippen LogP contribution in [0.4, 0.5) is 0 Å². The van der Waals surface area contributed by atoms with Crippen LogP contribution >= 0.6 is 0 Å². The molecule has 3 rings (SSSR count). The quantitative estimate of drug-likeness (QED) is 0.894. The Kier molecular flexibility index (Phi) is 2.71. The summed E-state index contributed by atoms with van der Waals surface area (Å²) < 4.78 is 1.94. The molecule has 1 aromatic heterocycles. The van der Waals surface area contributed by atoms with Crippen molar-refractivity contribution >= 4 is 0 Å². The van der Waals surface area contributed by atoms with Gasteiger partial charge in [0.2, 0.25) is 0 Å². The van der Waals surface area contributed by atoms with Crippen LogP contribution in [0.5, 0.6) is 0 Å². The van der Waals surface area contributed by atoms with E-state index in [2.05, 4.69) is 48.6 Å². The summed E-state index contributed by atoms with van der Waals surface area (Å²) in [4.78, 5) is 0. The molecule has 0 aliphatic heterocycles. The molecule has 0 saturated heterocycles. The van der Waals surface area contributed by atoms with Crippen LogP contribution in [0.3, 0.4) is 0 Å². The Morgan fingerprint density at radius 1 is 1.33 bits per heavy atom. The fourth-order valence-electron chi connectivity index (χ4n) is 2.72. The lowest BCUT2D eigenvalue weighted by Gasteiger charge is -2.22. The van der Waals surface area contributed by atoms with Crippen LogP contribution in [0.2, 0.25) is 0 Å². The van der Waals surface area contributed by atoms with Gasteiger partial charge in [0.05, 0.1) is 6.20 Å². The predicted octanol–water partition coefficient (Wildman–Crippen LogP) is 2.63. The average molecular weight is 241 g/mol. The molecule has 3 nitrogen and oxygen atoms in total. The van der Waals surface area contributed by atoms with Crippen LogP contribution in [0, 0.1) is 0 Å². The van der Waals surface area contributed by atoms with E-state index in [-0.39, 0.29) is 11.5 Å². The van der Waals surface area contributed by atoms with Crippen molar-refractivity contribution in [3.8, 4) is 0 Å². The molecule has 1 unspecified atom stereocenters. The summed E-state index contributed by atoms with van der Waals surface area (Å²) in [6, 6.07) is 10.7. The molecule has 0 bridgehead atoms. The minimum Gasteiger partial charge on any atom is -0.323 e. The van der Waals surface area contributed by atoms with Gasteiger partial charge in [-0.25, -0.2) is 0 Å². The van der Waals surface area contributed by atoms with E-state index in [4.69, 9.17) is 5.73 Å². The highest BCUT2D eigenvalue weighted by Gasteiger charge is 2.49. The van der Waals surface area contributed by atoms with Crippen molar-refractivity contribution in [3.63, 3.8) is 0 Å². The molecule has 1 atom stereocenters. The fraction of sp³-hybridized carbons (Fsp3) is 0.400. The second-order valence-electron chi connectivity index (χ2n) is 5.13. The molecule has 1 fully saturated rings. The molecule has 0 amide bonds. The van der Waals surface area contributed by atoms with E-state index in [1.807, 2.05) is 10.9 Å². The smallest absolute Gasteiger partial charge is 0.0537 e. The predicted molar refractivity (Wildman–Crippen MR) is 72.2 cm³/mol. The largest absolute Gasteiger partial charge is 0.323 e. The molecule has 1 aliphatic rings. The topological polar surface area (TPSA) is 43.8 Å². The molecule has 1 aliphatic carbocycles. The third kappa shape index (κ3) is 1.75. The van der Waals surface area contributed by atoms with Gasteiger partial charge >= 0.3 is 0 Å². The average Bonchev–Trinajstić information content (AvgIpc) is 3.10. The van der Waals surface area contributed by atoms with Crippen molar-refractivity contribution in [1.29, 1.82) is 0 Å². The SMILES string of the molecule is CCn1cc(C(N)C2(c3ccccc3)CC2)cn1. The molecule has 18 heavy (non-hydrogen) atoms. The van der Waals surface area contributed by atoms with Crippen molar-refractivity contribution in [1.82, 2.24) is 9.78 Å². The highest BCUT2D eigenvalue weighted by atomic mass is 15.3. The first-order valence-electron chi connectivity index (χ1n) is 6.60. The standard InChI is InChI=1S/C15H19N3/c1-2-18-11-12(10-17-18)14(16)15(8-9-15)13-6-4-3-5-7-13/h3-7,10-11,14H,2,8-9,16H2,1H3. The zero-order chi connectivity index (χ0) is 12.6. The van der Waals surface area contributed by atoms with Crippen molar-refractivity contribution in [3.05, 3.63) is 53.9 Å². The maximum Gasteiger partial charge on any atom is 0.0537 e. The first kappa shape index (κ1) is 11.5. The molecule has 0 spiro atoms. The zero-order valence-corrected chi connectivity index (χ0v) is 10.7. The molecular formula is C15H19N3. The maximum atomic E-state index is 6.48. The second-order valence-corrected chi connectivity index (χ2v) is 5.13. The number of benzene rings is 1. The number of hydrogen-bond donors (Lipinski definition) is 1. The third-order valence-electron chi connectivity index (χ3n) is 4.07. The summed E-state index contributed by atoms with van der Waals surface area (Å²) in [6.07, 6.45) is 6.34. The Morgan fingerprint density at radius 3 is 2.61 bits per heavy atom. The number of aromatic nitrogens is 2. The number of nitrogens with zero attached hydrogens (tertiary/aromatic N) is 2. The Hall–Kier alpha value is -1.61. The fourth-order valence-corrected chi connectivity index (χ4v) is 2.72. The molecule has 1 saturated carbocycles. The van der Waals surface area contributed by atoms with E-state index in [9.17, 15) is 0 Å². The van der Waals surface area contributed by atoms with Crippen LogP contribution in [-0.4, -0.2) is 9.78 Å². The van der Waals surface area contributed by atoms with E-state index in [0.29, 0.717) is 0 Å². The number of nitrogens with two attached hydrogens (primary N) is 1. The van der Waals surface area contributed by atoms with Crippen molar-refractivity contribution in [2.45, 2.75) is 37.8 Å². The highest BCUT2D eigenvalue weighted by Crippen LogP contribution is 2.55. The zero-order valence-electron chi connectivity index (χ0n) is 10.7. The Morgan fingerprint density at radius 2 is 2.06 bits per heavy atom. The van der Waals surface area contributed by atoms with Gasteiger partial charge in [0.25, 0.3) is 0 Å². The molecule has 1 heterocycles. The van der Waals surface area contributed by atoms with Crippen LogP contribution in [0.15, 0.2) is 42.7 Å². The van der Waals surface area contributed by atoms with Crippen LogP contribution in [0.25, 0.3) is 0 Å². The van der Waals surface area contributed by atoms with Crippen LogP contribution in [0.1, 0.15) is 36.9 Å². The van der Waals surface area contributed by atoms with Gasteiger partial charge in [-0.1, -0.05) is 30.3 Å². The number of aryl methyl sites for hydroxylation is 1. The summed E-state index contributed by atoms with van der Waals surface area (Å²) in [6.45, 7) is 2.98. The minimum absolute atomic E-state index is 0.0557. The molecule has 2 aromatic rings. The van der Waals surface area contributed by atoms with Gasteiger partial charge in [-0.3, -0.25) is 4.68 Å². The molecule has 3 heteroatoms. The van der Waals surface area contributed by atoms with E-state index in [1.54, 1.807) is 0 Å². The Bertz CT molecular complexity index is 526. The first-order valence-corrected chi connectivity index (χ1v) is 6.60. The molecule has 94 valence electrons. The van der Waals surface area contributed by atoms with Crippen molar-refractivity contribution in [2.24, 2.45) is 5.73 Å². The van der Waals surface area contributed by atoms with E-state index < -0.39 is 0 Å². The van der Waals surface area contributed by atoms with Gasteiger partial charge in [0.1, 0.15) is 0 Å². The number of hydrogen-bond acceptors (Lipinski definition) is 2. The van der Waals surface area contributed by atoms with Crippen molar-refractivity contribution < 1.29 is 0 Å². The summed E-state index contributed by atoms with van der Waals surface area (Å²) in [5, 5.41) is 4.33. The second kappa shape index (κ2) is 4.25. The van der Waals surface area contributed by atoms with Gasteiger partial charge in [0, 0.05) is 29.8 Å². The van der Waals surface area contributed by atoms with Crippen LogP contribution in [-0.2, 0) is 12.0 Å². The van der Waals surface area contributed by atoms with Gasteiger partial charge < -0.3 is 5.73 Å². The molecular weight excluding hydrogens is 222 g/mol. The third-order valence-corrected chi connectivity index (χ3v) is 4.07. The highest BCUT2D eigenvalue weighted by molar-refractivity contribution is 5.37. The lowest BCUT2D eigenvalue weighted by molar-refractivity contribution is 0.540. The van der Waals surface area contributed by atoms with Gasteiger partial charge in [0.15, 0.2) is 0 Å². The maximum absolute atomic E-state index is 6.48. The lowest BCUT2D eigenvalue weighted by atomic mass is 9.85. The summed E-state index contributed by atoms with van der Waals surface area (Å²) in [5.41, 5.74) is 9.14.